The SMILES string of the molecule is [2H]C([2H])([2H])n1cc(-c2cccn2S(=O)(=O)c2ccc(C)cc2)cn1. The summed E-state index contributed by atoms with van der Waals surface area (Å²) in [6, 6.07) is 9.73. The fourth-order valence-electron chi connectivity index (χ4n) is 2.08. The molecule has 3 rings (SSSR count). The Balaban J connectivity index is 2.08. The first-order valence-electron chi connectivity index (χ1n) is 7.75. The van der Waals surface area contributed by atoms with Gasteiger partial charge < -0.3 is 0 Å². The molecule has 1 aromatic carbocycles. The molecule has 0 amide bonds. The summed E-state index contributed by atoms with van der Waals surface area (Å²) in [4.78, 5) is 0.161. The first-order chi connectivity index (χ1) is 11.2. The first-order valence-corrected chi connectivity index (χ1v) is 7.69. The van der Waals surface area contributed by atoms with Gasteiger partial charge in [-0.15, -0.1) is 0 Å². The average molecular weight is 304 g/mol. The van der Waals surface area contributed by atoms with Crippen molar-refractivity contribution in [3.63, 3.8) is 0 Å². The van der Waals surface area contributed by atoms with Crippen LogP contribution >= 0.6 is 0 Å². The Bertz CT molecular complexity index is 970. The van der Waals surface area contributed by atoms with Gasteiger partial charge in [0.2, 0.25) is 0 Å². The highest BCUT2D eigenvalue weighted by Gasteiger charge is 2.20. The average Bonchev–Trinajstić information content (AvgIpc) is 3.16. The van der Waals surface area contributed by atoms with Crippen molar-refractivity contribution in [2.45, 2.75) is 11.8 Å². The Kier molecular flexibility index (Phi) is 2.42. The first kappa shape index (κ1) is 10.4. The summed E-state index contributed by atoms with van der Waals surface area (Å²) in [6.45, 7) is -0.536. The lowest BCUT2D eigenvalue weighted by atomic mass is 10.2. The predicted molar refractivity (Wildman–Crippen MR) is 80.4 cm³/mol. The Hall–Kier alpha value is -2.34. The second-order valence-electron chi connectivity index (χ2n) is 4.68. The van der Waals surface area contributed by atoms with E-state index >= 15 is 0 Å². The molecule has 2 heterocycles. The summed E-state index contributed by atoms with van der Waals surface area (Å²) >= 11 is 0. The van der Waals surface area contributed by atoms with Crippen molar-refractivity contribution in [2.24, 2.45) is 6.98 Å². The van der Waals surface area contributed by atoms with Crippen molar-refractivity contribution in [1.82, 2.24) is 13.8 Å². The van der Waals surface area contributed by atoms with Crippen LogP contribution in [0.15, 0.2) is 59.9 Å². The Morgan fingerprint density at radius 3 is 2.62 bits per heavy atom. The summed E-state index contributed by atoms with van der Waals surface area (Å²) in [5.41, 5.74) is 1.72. The normalized spacial score (nSPS) is 14.4. The molecule has 0 saturated heterocycles. The van der Waals surface area contributed by atoms with Gasteiger partial charge >= 0.3 is 0 Å². The Labute approximate surface area is 127 Å². The second-order valence-corrected chi connectivity index (χ2v) is 6.50. The molecule has 0 saturated carbocycles. The van der Waals surface area contributed by atoms with Crippen LogP contribution in [0.25, 0.3) is 11.3 Å². The maximum absolute atomic E-state index is 12.8. The highest BCUT2D eigenvalue weighted by Crippen LogP contribution is 2.24. The fourth-order valence-corrected chi connectivity index (χ4v) is 3.44. The van der Waals surface area contributed by atoms with Crippen LogP contribution in [0.2, 0.25) is 0 Å². The van der Waals surface area contributed by atoms with Gasteiger partial charge in [0.05, 0.1) is 16.8 Å². The molecule has 5 nitrogen and oxygen atoms in total. The molecule has 0 unspecified atom stereocenters. The fraction of sp³-hybridized carbons (Fsp3) is 0.133. The van der Waals surface area contributed by atoms with Crippen LogP contribution in [-0.4, -0.2) is 22.2 Å². The van der Waals surface area contributed by atoms with Crippen molar-refractivity contribution in [1.29, 1.82) is 0 Å². The zero-order chi connectivity index (χ0) is 17.5. The molecule has 0 aliphatic carbocycles. The van der Waals surface area contributed by atoms with E-state index in [9.17, 15) is 8.42 Å². The molecule has 0 spiro atoms. The largest absolute Gasteiger partial charge is 0.275 e. The molecule has 0 atom stereocenters. The third-order valence-electron chi connectivity index (χ3n) is 3.17. The number of aryl methyl sites for hydroxylation is 2. The van der Waals surface area contributed by atoms with Gasteiger partial charge in [-0.25, -0.2) is 12.4 Å². The van der Waals surface area contributed by atoms with Crippen molar-refractivity contribution >= 4 is 10.0 Å². The van der Waals surface area contributed by atoms with Gasteiger partial charge in [0.15, 0.2) is 0 Å². The molecule has 2 aromatic heterocycles. The number of benzene rings is 1. The molecular formula is C15H15N3O2S. The van der Waals surface area contributed by atoms with Crippen molar-refractivity contribution in [3.05, 3.63) is 60.6 Å². The van der Waals surface area contributed by atoms with E-state index in [0.29, 0.717) is 11.3 Å². The molecule has 0 fully saturated rings. The van der Waals surface area contributed by atoms with Gasteiger partial charge in [-0.05, 0) is 31.2 Å². The van der Waals surface area contributed by atoms with E-state index in [2.05, 4.69) is 5.10 Å². The van der Waals surface area contributed by atoms with Crippen LogP contribution in [0.1, 0.15) is 9.68 Å². The number of hydrogen-bond donors (Lipinski definition) is 0. The zero-order valence-corrected chi connectivity index (χ0v) is 12.1. The minimum absolute atomic E-state index is 0.161. The standard InChI is InChI=1S/C15H15N3O2S/c1-12-5-7-14(8-6-12)21(19,20)18-9-3-4-15(18)13-10-16-17(2)11-13/h3-11H,1-2H3/i2D3. The van der Waals surface area contributed by atoms with E-state index in [1.54, 1.807) is 36.4 Å². The molecule has 0 N–H and O–H groups in total. The van der Waals surface area contributed by atoms with E-state index in [0.717, 1.165) is 14.2 Å². The van der Waals surface area contributed by atoms with Crippen molar-refractivity contribution in [2.75, 3.05) is 0 Å². The van der Waals surface area contributed by atoms with E-state index in [1.807, 2.05) is 6.92 Å². The van der Waals surface area contributed by atoms with Crippen LogP contribution < -0.4 is 0 Å². The zero-order valence-electron chi connectivity index (χ0n) is 14.3. The van der Waals surface area contributed by atoms with E-state index in [1.165, 1.54) is 18.6 Å². The van der Waals surface area contributed by atoms with Gasteiger partial charge in [0, 0.05) is 29.0 Å². The minimum Gasteiger partial charge on any atom is -0.275 e. The summed E-state index contributed by atoms with van der Waals surface area (Å²) < 4.78 is 49.7. The molecule has 21 heavy (non-hydrogen) atoms. The van der Waals surface area contributed by atoms with E-state index in [-0.39, 0.29) is 4.90 Å². The molecule has 108 valence electrons. The van der Waals surface area contributed by atoms with Crippen LogP contribution in [0.5, 0.6) is 0 Å². The van der Waals surface area contributed by atoms with Gasteiger partial charge in [0.1, 0.15) is 0 Å². The van der Waals surface area contributed by atoms with Crippen molar-refractivity contribution in [3.8, 4) is 11.3 Å². The third kappa shape index (κ3) is 2.38. The highest BCUT2D eigenvalue weighted by molar-refractivity contribution is 7.90. The van der Waals surface area contributed by atoms with Gasteiger partial charge in [-0.2, -0.15) is 5.10 Å². The Morgan fingerprint density at radius 2 is 1.95 bits per heavy atom. The van der Waals surface area contributed by atoms with E-state index < -0.39 is 17.0 Å². The minimum atomic E-state index is -3.78. The van der Waals surface area contributed by atoms with E-state index in [4.69, 9.17) is 4.11 Å². The lowest BCUT2D eigenvalue weighted by Crippen LogP contribution is -2.13. The molecule has 0 aliphatic heterocycles. The van der Waals surface area contributed by atoms with Gasteiger partial charge in [-0.1, -0.05) is 17.7 Å². The molecular weight excluding hydrogens is 286 g/mol. The monoisotopic (exact) mass is 304 g/mol. The van der Waals surface area contributed by atoms with Crippen LogP contribution in [0.4, 0.5) is 0 Å². The quantitative estimate of drug-likeness (QED) is 0.747. The molecule has 6 heteroatoms. The smallest absolute Gasteiger partial charge is 0.268 e. The van der Waals surface area contributed by atoms with Crippen LogP contribution in [0, 0.1) is 6.92 Å². The number of aromatic nitrogens is 3. The lowest BCUT2D eigenvalue weighted by Gasteiger charge is -2.09. The maximum Gasteiger partial charge on any atom is 0.268 e. The van der Waals surface area contributed by atoms with Gasteiger partial charge in [-0.3, -0.25) is 4.68 Å². The second kappa shape index (κ2) is 4.89. The maximum atomic E-state index is 12.8. The van der Waals surface area contributed by atoms with Crippen LogP contribution in [-0.2, 0) is 17.0 Å². The summed E-state index contributed by atoms with van der Waals surface area (Å²) in [6.07, 6.45) is 4.07. The predicted octanol–water partition coefficient (Wildman–Crippen LogP) is 2.43. The lowest BCUT2D eigenvalue weighted by molar-refractivity contribution is 0.588. The summed E-state index contributed by atoms with van der Waals surface area (Å²) in [5, 5.41) is 3.80. The number of rotatable bonds is 3. The van der Waals surface area contributed by atoms with Crippen LogP contribution in [0.3, 0.4) is 0 Å². The third-order valence-corrected chi connectivity index (χ3v) is 4.87. The highest BCUT2D eigenvalue weighted by atomic mass is 32.2. The summed E-state index contributed by atoms with van der Waals surface area (Å²) in [7, 11) is -3.78. The topological polar surface area (TPSA) is 56.9 Å². The molecule has 3 aromatic rings. The number of nitrogens with zero attached hydrogens (tertiary/aromatic N) is 3. The number of hydrogen-bond acceptors (Lipinski definition) is 3. The van der Waals surface area contributed by atoms with Gasteiger partial charge in [0.25, 0.3) is 10.0 Å². The summed E-state index contributed by atoms with van der Waals surface area (Å²) in [5.74, 6) is 0. The van der Waals surface area contributed by atoms with Crippen molar-refractivity contribution < 1.29 is 12.5 Å². The Morgan fingerprint density at radius 1 is 1.19 bits per heavy atom. The molecule has 0 bridgehead atoms. The molecule has 0 radical (unpaired) electrons. The molecule has 0 aliphatic rings.